The highest BCUT2D eigenvalue weighted by Crippen LogP contribution is 2.24. The minimum atomic E-state index is -0.819. The summed E-state index contributed by atoms with van der Waals surface area (Å²) in [5, 5.41) is 21.6. The van der Waals surface area contributed by atoms with Gasteiger partial charge in [-0.1, -0.05) is 24.3 Å². The Hall–Kier alpha value is -3.03. The van der Waals surface area contributed by atoms with Gasteiger partial charge < -0.3 is 4.74 Å². The first-order chi connectivity index (χ1) is 10.5. The molecule has 0 unspecified atom stereocenters. The summed E-state index contributed by atoms with van der Waals surface area (Å²) < 4.78 is 5.24. The third-order valence-corrected chi connectivity index (χ3v) is 3.01. The number of nitro benzene ring substituents is 2. The van der Waals surface area contributed by atoms with Crippen LogP contribution in [0.25, 0.3) is 0 Å². The number of esters is 1. The van der Waals surface area contributed by atoms with Gasteiger partial charge in [0.15, 0.2) is 0 Å². The van der Waals surface area contributed by atoms with Gasteiger partial charge in [0.2, 0.25) is 0 Å². The molecule has 1 aromatic rings. The second-order valence-electron chi connectivity index (χ2n) is 4.61. The molecule has 0 saturated carbocycles. The average Bonchev–Trinajstić information content (AvgIpc) is 2.75. The van der Waals surface area contributed by atoms with Crippen molar-refractivity contribution in [2.45, 2.75) is 18.9 Å². The number of benzene rings is 1. The highest BCUT2D eigenvalue weighted by Gasteiger charge is 2.22. The van der Waals surface area contributed by atoms with Crippen molar-refractivity contribution in [3.8, 4) is 0 Å². The molecule has 0 aromatic heterocycles. The first-order valence-corrected chi connectivity index (χ1v) is 6.44. The van der Waals surface area contributed by atoms with Crippen LogP contribution in [-0.4, -0.2) is 21.9 Å². The minimum absolute atomic E-state index is 0.210. The van der Waals surface area contributed by atoms with Crippen molar-refractivity contribution in [1.29, 1.82) is 0 Å². The molecule has 22 heavy (non-hydrogen) atoms. The second kappa shape index (κ2) is 6.61. The summed E-state index contributed by atoms with van der Waals surface area (Å²) in [5.41, 5.74) is -1.26. The molecule has 0 bridgehead atoms. The summed E-state index contributed by atoms with van der Waals surface area (Å²) in [4.78, 5) is 32.1. The van der Waals surface area contributed by atoms with E-state index >= 15 is 0 Å². The fraction of sp³-hybridized carbons (Fsp3) is 0.214. The normalized spacial score (nSPS) is 14.4. The van der Waals surface area contributed by atoms with E-state index in [9.17, 15) is 25.0 Å². The molecule has 0 amide bonds. The summed E-state index contributed by atoms with van der Waals surface area (Å²) in [6, 6.07) is 2.74. The SMILES string of the molecule is O=C(OC1CC=CC=CC1)c1cc([N+](=O)[O-])cc([N+](=O)[O-])c1. The monoisotopic (exact) mass is 304 g/mol. The fourth-order valence-corrected chi connectivity index (χ4v) is 1.95. The Morgan fingerprint density at radius 2 is 1.50 bits per heavy atom. The van der Waals surface area contributed by atoms with Crippen LogP contribution in [-0.2, 0) is 4.74 Å². The highest BCUT2D eigenvalue weighted by atomic mass is 16.6. The number of rotatable bonds is 4. The van der Waals surface area contributed by atoms with Crippen LogP contribution in [0.3, 0.4) is 0 Å². The molecule has 1 aliphatic rings. The molecule has 0 N–H and O–H groups in total. The standard InChI is InChI=1S/C14H12N2O6/c17-14(22-13-5-3-1-2-4-6-13)10-7-11(15(18)19)9-12(8-10)16(20)21/h1-4,7-9,13H,5-6H2. The van der Waals surface area contributed by atoms with Crippen LogP contribution in [0.2, 0.25) is 0 Å². The lowest BCUT2D eigenvalue weighted by Crippen LogP contribution is -2.17. The lowest BCUT2D eigenvalue weighted by atomic mass is 10.1. The first-order valence-electron chi connectivity index (χ1n) is 6.44. The van der Waals surface area contributed by atoms with Gasteiger partial charge in [-0.3, -0.25) is 20.2 Å². The number of nitrogens with zero attached hydrogens (tertiary/aromatic N) is 2. The molecule has 0 aliphatic heterocycles. The smallest absolute Gasteiger partial charge is 0.338 e. The van der Waals surface area contributed by atoms with Crippen molar-refractivity contribution in [3.05, 3.63) is 68.3 Å². The van der Waals surface area contributed by atoms with Crippen molar-refractivity contribution in [2.24, 2.45) is 0 Å². The van der Waals surface area contributed by atoms with Crippen LogP contribution >= 0.6 is 0 Å². The Morgan fingerprint density at radius 1 is 1.00 bits per heavy atom. The van der Waals surface area contributed by atoms with E-state index in [1.54, 1.807) is 0 Å². The lowest BCUT2D eigenvalue weighted by Gasteiger charge is -2.13. The maximum atomic E-state index is 12.1. The molecule has 2 rings (SSSR count). The quantitative estimate of drug-likeness (QED) is 0.480. The summed E-state index contributed by atoms with van der Waals surface area (Å²) in [6.45, 7) is 0. The number of allylic oxidation sites excluding steroid dienone is 2. The Labute approximate surface area is 125 Å². The number of hydrogen-bond acceptors (Lipinski definition) is 6. The van der Waals surface area contributed by atoms with Gasteiger partial charge in [-0.05, 0) is 0 Å². The van der Waals surface area contributed by atoms with Crippen LogP contribution in [0, 0.1) is 20.2 Å². The Kier molecular flexibility index (Phi) is 4.62. The van der Waals surface area contributed by atoms with Crippen molar-refractivity contribution >= 4 is 17.3 Å². The van der Waals surface area contributed by atoms with Gasteiger partial charge in [-0.25, -0.2) is 4.79 Å². The molecule has 8 nitrogen and oxygen atoms in total. The van der Waals surface area contributed by atoms with Crippen LogP contribution < -0.4 is 0 Å². The van der Waals surface area contributed by atoms with Crippen LogP contribution in [0.5, 0.6) is 0 Å². The Bertz CT molecular complexity index is 634. The van der Waals surface area contributed by atoms with Crippen LogP contribution in [0.15, 0.2) is 42.5 Å². The van der Waals surface area contributed by atoms with E-state index in [2.05, 4.69) is 0 Å². The molecule has 1 aromatic carbocycles. The zero-order chi connectivity index (χ0) is 16.1. The molecule has 8 heteroatoms. The predicted molar refractivity (Wildman–Crippen MR) is 76.5 cm³/mol. The van der Waals surface area contributed by atoms with Gasteiger partial charge in [0, 0.05) is 25.0 Å². The first kappa shape index (κ1) is 15.4. The largest absolute Gasteiger partial charge is 0.458 e. The number of ether oxygens (including phenoxy) is 1. The lowest BCUT2D eigenvalue weighted by molar-refractivity contribution is -0.394. The number of carbonyl (C=O) groups is 1. The maximum absolute atomic E-state index is 12.1. The number of hydrogen-bond donors (Lipinski definition) is 0. The molecule has 0 fully saturated rings. The average molecular weight is 304 g/mol. The van der Waals surface area contributed by atoms with E-state index in [1.807, 2.05) is 24.3 Å². The minimum Gasteiger partial charge on any atom is -0.458 e. The summed E-state index contributed by atoms with van der Waals surface area (Å²) in [7, 11) is 0. The molecular weight excluding hydrogens is 292 g/mol. The molecular formula is C14H12N2O6. The zero-order valence-electron chi connectivity index (χ0n) is 11.4. The van der Waals surface area contributed by atoms with Crippen LogP contribution in [0.1, 0.15) is 23.2 Å². The molecule has 0 spiro atoms. The van der Waals surface area contributed by atoms with Crippen molar-refractivity contribution in [2.75, 3.05) is 0 Å². The maximum Gasteiger partial charge on any atom is 0.338 e. The van der Waals surface area contributed by atoms with E-state index in [4.69, 9.17) is 4.74 Å². The van der Waals surface area contributed by atoms with E-state index < -0.39 is 33.3 Å². The second-order valence-corrected chi connectivity index (χ2v) is 4.61. The van der Waals surface area contributed by atoms with Gasteiger partial charge >= 0.3 is 5.97 Å². The zero-order valence-corrected chi connectivity index (χ0v) is 11.4. The number of carbonyl (C=O) groups excluding carboxylic acids is 1. The molecule has 114 valence electrons. The number of non-ortho nitro benzene ring substituents is 2. The van der Waals surface area contributed by atoms with Gasteiger partial charge in [-0.2, -0.15) is 0 Å². The van der Waals surface area contributed by atoms with Gasteiger partial charge in [0.1, 0.15) is 6.10 Å². The van der Waals surface area contributed by atoms with E-state index in [1.165, 1.54) is 0 Å². The molecule has 1 aliphatic carbocycles. The topological polar surface area (TPSA) is 113 Å². The Balaban J connectivity index is 2.24. The van der Waals surface area contributed by atoms with Gasteiger partial charge in [0.25, 0.3) is 11.4 Å². The number of nitro groups is 2. The van der Waals surface area contributed by atoms with Crippen molar-refractivity contribution in [1.82, 2.24) is 0 Å². The van der Waals surface area contributed by atoms with E-state index in [-0.39, 0.29) is 5.56 Å². The summed E-state index contributed by atoms with van der Waals surface area (Å²) >= 11 is 0. The molecule has 0 heterocycles. The molecule has 0 atom stereocenters. The predicted octanol–water partition coefficient (Wildman–Crippen LogP) is 2.93. The third-order valence-electron chi connectivity index (χ3n) is 3.01. The third kappa shape index (κ3) is 3.75. The summed E-state index contributed by atoms with van der Waals surface area (Å²) in [6.07, 6.45) is 7.93. The van der Waals surface area contributed by atoms with Crippen molar-refractivity contribution in [3.63, 3.8) is 0 Å². The van der Waals surface area contributed by atoms with Crippen LogP contribution in [0.4, 0.5) is 11.4 Å². The van der Waals surface area contributed by atoms with Gasteiger partial charge in [-0.15, -0.1) is 0 Å². The Morgan fingerprint density at radius 3 is 1.95 bits per heavy atom. The van der Waals surface area contributed by atoms with E-state index in [0.29, 0.717) is 12.8 Å². The van der Waals surface area contributed by atoms with E-state index in [0.717, 1.165) is 18.2 Å². The molecule has 0 radical (unpaired) electrons. The fourth-order valence-electron chi connectivity index (χ4n) is 1.95. The highest BCUT2D eigenvalue weighted by molar-refractivity contribution is 5.91. The molecule has 0 saturated heterocycles. The summed E-state index contributed by atoms with van der Waals surface area (Å²) in [5.74, 6) is -0.819. The van der Waals surface area contributed by atoms with Gasteiger partial charge in [0.05, 0.1) is 21.5 Å². The van der Waals surface area contributed by atoms with Crippen molar-refractivity contribution < 1.29 is 19.4 Å².